The molecule has 2 aliphatic carbocycles. The van der Waals surface area contributed by atoms with E-state index in [2.05, 4.69) is 0 Å². The summed E-state index contributed by atoms with van der Waals surface area (Å²) in [7, 11) is 0. The van der Waals surface area contributed by atoms with E-state index in [1.807, 2.05) is 48.6 Å². The number of aliphatic hydroxyl groups is 2. The Bertz CT molecular complexity index is 364. The maximum atomic E-state index is 8.83. The Morgan fingerprint density at radius 2 is 1.44 bits per heavy atom. The second-order valence-corrected chi connectivity index (χ2v) is 3.11. The Hall–Kier alpha value is -1.44. The Morgan fingerprint density at radius 3 is 1.69 bits per heavy atom. The second-order valence-electron chi connectivity index (χ2n) is 3.11. The van der Waals surface area contributed by atoms with Gasteiger partial charge in [-0.1, -0.05) is 48.6 Å². The van der Waals surface area contributed by atoms with E-state index in [-0.39, 0.29) is 17.1 Å². The van der Waals surface area contributed by atoms with Crippen molar-refractivity contribution in [1.29, 1.82) is 0 Å². The zero-order valence-electron chi connectivity index (χ0n) is 8.94. The molecule has 0 fully saturated rings. The standard InChI is InChI=1S/C7H8O.C6H6O.Fe/c1-6(8)7-4-2-3-5-7;7-5-6-3-1-2-4-6;/h2-5,8H,1H3;1-5,7H;. The minimum Gasteiger partial charge on any atom is -0.515 e. The van der Waals surface area contributed by atoms with E-state index < -0.39 is 0 Å². The summed E-state index contributed by atoms with van der Waals surface area (Å²) in [6, 6.07) is 0. The Labute approximate surface area is 106 Å². The van der Waals surface area contributed by atoms with E-state index in [4.69, 9.17) is 10.2 Å². The monoisotopic (exact) mass is 258 g/mol. The SMILES string of the molecule is CC(O)=C1C=CC=C1.OC=C1C=CC=C1.[Fe]. The summed E-state index contributed by atoms with van der Waals surface area (Å²) in [6.45, 7) is 1.68. The fourth-order valence-corrected chi connectivity index (χ4v) is 1.09. The average molecular weight is 258 g/mol. The average Bonchev–Trinajstić information content (AvgIpc) is 2.92. The van der Waals surface area contributed by atoms with Gasteiger partial charge >= 0.3 is 0 Å². The van der Waals surface area contributed by atoms with Gasteiger partial charge in [0, 0.05) is 28.2 Å². The van der Waals surface area contributed by atoms with Crippen LogP contribution in [0.3, 0.4) is 0 Å². The van der Waals surface area contributed by atoms with Gasteiger partial charge in [0.25, 0.3) is 0 Å². The molecule has 0 amide bonds. The van der Waals surface area contributed by atoms with Gasteiger partial charge in [0.1, 0.15) is 0 Å². The van der Waals surface area contributed by atoms with Crippen LogP contribution in [0.25, 0.3) is 0 Å². The number of rotatable bonds is 0. The van der Waals surface area contributed by atoms with Gasteiger partial charge in [0.2, 0.25) is 0 Å². The third-order valence-corrected chi connectivity index (χ3v) is 1.92. The molecule has 3 heteroatoms. The predicted octanol–water partition coefficient (Wildman–Crippen LogP) is 3.50. The second kappa shape index (κ2) is 7.80. The van der Waals surface area contributed by atoms with Crippen LogP contribution in [0.1, 0.15) is 6.92 Å². The first-order valence-corrected chi connectivity index (χ1v) is 4.68. The summed E-state index contributed by atoms with van der Waals surface area (Å²) in [5.74, 6) is 0.384. The largest absolute Gasteiger partial charge is 0.515 e. The molecule has 2 aliphatic rings. The van der Waals surface area contributed by atoms with Gasteiger partial charge in [-0.15, -0.1) is 0 Å². The van der Waals surface area contributed by atoms with Gasteiger partial charge in [-0.2, -0.15) is 0 Å². The van der Waals surface area contributed by atoms with Crippen LogP contribution < -0.4 is 0 Å². The van der Waals surface area contributed by atoms with E-state index >= 15 is 0 Å². The quantitative estimate of drug-likeness (QED) is 0.515. The van der Waals surface area contributed by atoms with Crippen molar-refractivity contribution in [3.63, 3.8) is 0 Å². The first kappa shape index (κ1) is 14.6. The molecule has 0 saturated heterocycles. The third-order valence-electron chi connectivity index (χ3n) is 1.92. The molecule has 0 spiro atoms. The molecule has 0 aromatic rings. The number of hydrogen-bond acceptors (Lipinski definition) is 2. The summed E-state index contributed by atoms with van der Waals surface area (Å²) < 4.78 is 0. The molecule has 0 unspecified atom stereocenters. The van der Waals surface area contributed by atoms with Crippen molar-refractivity contribution in [3.8, 4) is 0 Å². The first-order chi connectivity index (χ1) is 7.24. The van der Waals surface area contributed by atoms with Crippen LogP contribution in [0.4, 0.5) is 0 Å². The van der Waals surface area contributed by atoms with Gasteiger partial charge in [-0.3, -0.25) is 0 Å². The molecule has 0 heterocycles. The summed E-state index contributed by atoms with van der Waals surface area (Å²) in [5.41, 5.74) is 1.77. The molecule has 16 heavy (non-hydrogen) atoms. The Kier molecular flexibility index (Phi) is 7.10. The maximum absolute atomic E-state index is 8.83. The van der Waals surface area contributed by atoms with Crippen LogP contribution in [0.2, 0.25) is 0 Å². The summed E-state index contributed by atoms with van der Waals surface area (Å²) >= 11 is 0. The minimum absolute atomic E-state index is 0. The zero-order valence-corrected chi connectivity index (χ0v) is 10.0. The molecule has 0 aromatic heterocycles. The maximum Gasteiger partial charge on any atom is 0.0963 e. The Morgan fingerprint density at radius 1 is 1.00 bits per heavy atom. The van der Waals surface area contributed by atoms with Gasteiger partial charge in [0.15, 0.2) is 0 Å². The van der Waals surface area contributed by atoms with E-state index in [9.17, 15) is 0 Å². The number of aliphatic hydroxyl groups excluding tert-OH is 2. The molecule has 86 valence electrons. The third kappa shape index (κ3) is 4.87. The molecule has 0 atom stereocenters. The molecule has 2 rings (SSSR count). The summed E-state index contributed by atoms with van der Waals surface area (Å²) in [6.07, 6.45) is 16.0. The van der Waals surface area contributed by atoms with Gasteiger partial charge < -0.3 is 10.2 Å². The number of allylic oxidation sites excluding steroid dienone is 11. The van der Waals surface area contributed by atoms with Crippen LogP contribution in [0.5, 0.6) is 0 Å². The van der Waals surface area contributed by atoms with Crippen molar-refractivity contribution in [3.05, 3.63) is 71.8 Å². The molecule has 2 nitrogen and oxygen atoms in total. The van der Waals surface area contributed by atoms with Crippen molar-refractivity contribution in [2.24, 2.45) is 0 Å². The predicted molar refractivity (Wildman–Crippen MR) is 62.6 cm³/mol. The topological polar surface area (TPSA) is 40.5 Å². The van der Waals surface area contributed by atoms with Crippen LogP contribution in [-0.4, -0.2) is 10.2 Å². The number of hydrogen-bond donors (Lipinski definition) is 2. The van der Waals surface area contributed by atoms with Crippen LogP contribution >= 0.6 is 0 Å². The molecule has 0 bridgehead atoms. The molecule has 0 radical (unpaired) electrons. The first-order valence-electron chi connectivity index (χ1n) is 4.68. The molecule has 0 saturated carbocycles. The molecular weight excluding hydrogens is 244 g/mol. The van der Waals surface area contributed by atoms with Gasteiger partial charge in [-0.25, -0.2) is 0 Å². The van der Waals surface area contributed by atoms with E-state index in [0.717, 1.165) is 17.4 Å². The molecule has 2 N–H and O–H groups in total. The minimum atomic E-state index is 0. The van der Waals surface area contributed by atoms with Crippen molar-refractivity contribution in [2.45, 2.75) is 6.92 Å². The zero-order chi connectivity index (χ0) is 11.1. The smallest absolute Gasteiger partial charge is 0.0963 e. The van der Waals surface area contributed by atoms with Crippen LogP contribution in [-0.2, 0) is 17.1 Å². The van der Waals surface area contributed by atoms with Crippen molar-refractivity contribution in [1.82, 2.24) is 0 Å². The fraction of sp³-hybridized carbons (Fsp3) is 0.0769. The summed E-state index contributed by atoms with van der Waals surface area (Å²) in [4.78, 5) is 0. The van der Waals surface area contributed by atoms with E-state index in [0.29, 0.717) is 5.76 Å². The van der Waals surface area contributed by atoms with Crippen LogP contribution in [0.15, 0.2) is 71.8 Å². The van der Waals surface area contributed by atoms with Crippen molar-refractivity contribution >= 4 is 0 Å². The fourth-order valence-electron chi connectivity index (χ4n) is 1.09. The van der Waals surface area contributed by atoms with Crippen LogP contribution in [0, 0.1) is 0 Å². The molecule has 0 aromatic carbocycles. The van der Waals surface area contributed by atoms with Crippen molar-refractivity contribution in [2.75, 3.05) is 0 Å². The van der Waals surface area contributed by atoms with Crippen molar-refractivity contribution < 1.29 is 27.3 Å². The summed E-state index contributed by atoms with van der Waals surface area (Å²) in [5, 5.41) is 17.1. The van der Waals surface area contributed by atoms with E-state index in [1.165, 1.54) is 0 Å². The van der Waals surface area contributed by atoms with Gasteiger partial charge in [-0.05, 0) is 6.92 Å². The Balaban J connectivity index is 0.000000267. The molecular formula is C13H14FeO2. The normalized spacial score (nSPS) is 14.6. The van der Waals surface area contributed by atoms with Gasteiger partial charge in [0.05, 0.1) is 12.0 Å². The van der Waals surface area contributed by atoms with E-state index in [1.54, 1.807) is 6.92 Å². The molecule has 0 aliphatic heterocycles.